The fourth-order valence-corrected chi connectivity index (χ4v) is 16.7. The number of unbranched alkanes of at least 4 members (excludes halogenated alkanes) is 1. The molecule has 1 saturated heterocycles. The van der Waals surface area contributed by atoms with Crippen molar-refractivity contribution >= 4 is 98.9 Å². The molecule has 3 aliphatic carbocycles. The van der Waals surface area contributed by atoms with Crippen LogP contribution < -0.4 is 43.4 Å². The Morgan fingerprint density at radius 3 is 1.98 bits per heavy atom. The number of ether oxygens (including phenoxy) is 7. The van der Waals surface area contributed by atoms with E-state index in [0.717, 1.165) is 28.5 Å². The number of methoxy groups -OCH3 is 2. The number of Topliss-reactive ketones (excluding diaryl/α,β-unsaturated/α-hetero) is 1. The molecule has 3 aromatic carbocycles. The second-order valence-corrected chi connectivity index (χ2v) is 32.2. The molecule has 1 unspecified atom stereocenters. The number of rotatable bonds is 28. The van der Waals surface area contributed by atoms with Crippen molar-refractivity contribution < 1.29 is 106 Å². The monoisotopic (exact) mass is 1570 g/mol. The predicted molar refractivity (Wildman–Crippen MR) is 404 cm³/mol. The van der Waals surface area contributed by atoms with Gasteiger partial charge in [0.25, 0.3) is 0 Å². The number of carboxylic acids is 1. The highest BCUT2D eigenvalue weighted by molar-refractivity contribution is 8.76. The van der Waals surface area contributed by atoms with Gasteiger partial charge >= 0.3 is 36.1 Å². The number of esters is 3. The van der Waals surface area contributed by atoms with E-state index in [1.54, 1.807) is 99.6 Å². The van der Waals surface area contributed by atoms with E-state index >= 15 is 14.4 Å². The summed E-state index contributed by atoms with van der Waals surface area (Å²) < 4.78 is 43.5. The van der Waals surface area contributed by atoms with Crippen molar-refractivity contribution in [2.24, 2.45) is 33.2 Å². The second-order valence-electron chi connectivity index (χ2n) is 29.5. The van der Waals surface area contributed by atoms with Crippen LogP contribution in [0.2, 0.25) is 0 Å². The molecule has 7 amide bonds. The molecule has 32 nitrogen and oxygen atoms in total. The number of aliphatic carboxylic acids is 1. The van der Waals surface area contributed by atoms with Gasteiger partial charge in [0, 0.05) is 77.0 Å². The predicted octanol–water partition coefficient (Wildman–Crippen LogP) is 4.02. The summed E-state index contributed by atoms with van der Waals surface area (Å²) in [5, 5.41) is 52.4. The van der Waals surface area contributed by atoms with Crippen LogP contribution in [0.15, 0.2) is 107 Å². The number of hydrogen-bond donors (Lipinski definition) is 11. The fraction of sp³-hybridized carbons (Fsp3) is 0.566. The molecule has 0 radical (unpaired) electrons. The molecule has 0 aromatic heterocycles. The van der Waals surface area contributed by atoms with E-state index in [-0.39, 0.29) is 85.1 Å². The van der Waals surface area contributed by atoms with Crippen LogP contribution in [0.4, 0.5) is 9.59 Å². The largest absolute Gasteiger partial charge is 0.481 e. The molecular formula is C76H104N10O22S2. The smallest absolute Gasteiger partial charge is 0.410 e. The number of nitrogens with zero attached hydrogens (tertiary/aromatic N) is 2. The molecule has 4 aliphatic rings. The number of aliphatic hydroxyl groups excluding tert-OH is 1. The maximum Gasteiger partial charge on any atom is 0.410 e. The Balaban J connectivity index is 1.27. The molecule has 110 heavy (non-hydrogen) atoms. The van der Waals surface area contributed by atoms with E-state index in [4.69, 9.17) is 44.6 Å². The van der Waals surface area contributed by atoms with Crippen LogP contribution in [0.1, 0.15) is 142 Å². The van der Waals surface area contributed by atoms with Crippen LogP contribution in [-0.4, -0.2) is 227 Å². The van der Waals surface area contributed by atoms with Gasteiger partial charge in [-0.05, 0) is 95.2 Å². The number of nitrogens with two attached hydrogens (primary N) is 2. The molecule has 2 saturated carbocycles. The number of alkyl carbamates (subject to hydrolysis) is 1. The normalized spacial score (nSPS) is 27.0. The van der Waals surface area contributed by atoms with Gasteiger partial charge in [-0.25, -0.2) is 19.2 Å². The number of aliphatic hydroxyl groups is 2. The van der Waals surface area contributed by atoms with Gasteiger partial charge in [0.15, 0.2) is 11.7 Å². The van der Waals surface area contributed by atoms with Crippen LogP contribution in [0, 0.1) is 16.7 Å². The lowest BCUT2D eigenvalue weighted by atomic mass is 9.46. The van der Waals surface area contributed by atoms with E-state index in [2.05, 4.69) is 36.9 Å². The minimum absolute atomic E-state index is 0.0107. The first-order valence-corrected chi connectivity index (χ1v) is 38.7. The van der Waals surface area contributed by atoms with Crippen LogP contribution in [-0.2, 0) is 82.7 Å². The third-order valence-corrected chi connectivity index (χ3v) is 22.8. The summed E-state index contributed by atoms with van der Waals surface area (Å²) in [6.07, 6.45) is -13.0. The standard InChI is InChI=1S/C76H104N10O22S2/c1-13-14-33-86(34-35-109-110-40-50-66(96)82-47(31-24-32-79-69(77)78)63(93)80-39-53(88)81-49(37-54(89)90)65(95)83-48(64(94)84-50)36-44-25-18-15-19-26-44)71(100)105-60(57(45-27-20-16-21-28-45)85-70(99)108-72(4,5)6)68(98)107-74(9)41-76(101)62(106-67(97)46-29-22-17-23-30-46)56-59(104-43(3)87)51(102-11)38-52(103-12)75(56,10)61(92)58(91)55(42(74)2)73(76,7)8/h15-23,25-30,47-52,56-60,62,91,101H,13-14,24,31-41H2,1-12H3,(H,80,93)(H,81,88)(H,82,96)(H,83,95)(H,84,94)(H,85,99)(H,89,90)(H4,77,78,79)/t47-,48+,49-,50-,51+,52-,56-,57-,58+,59-,60+,62-,74?,75+,76+/m0/s1. The lowest BCUT2D eigenvalue weighted by Gasteiger charge is -2.63. The number of aliphatic imine (C=N–C) groups is 1. The number of carbonyl (C=O) groups is 12. The van der Waals surface area contributed by atoms with E-state index < -0.39 is 191 Å². The third kappa shape index (κ3) is 21.8. The zero-order chi connectivity index (χ0) is 81.2. The number of ketones is 1. The molecule has 1 heterocycles. The maximum atomic E-state index is 16.1. The molecule has 1 aliphatic heterocycles. The summed E-state index contributed by atoms with van der Waals surface area (Å²) >= 11 is 0. The van der Waals surface area contributed by atoms with Crippen LogP contribution in [0.25, 0.3) is 0 Å². The first-order chi connectivity index (χ1) is 51.8. The summed E-state index contributed by atoms with van der Waals surface area (Å²) in [5.41, 5.74) is 2.11. The molecule has 15 atom stereocenters. The molecule has 602 valence electrons. The topological polar surface area (TPSA) is 470 Å². The van der Waals surface area contributed by atoms with Crippen molar-refractivity contribution in [2.45, 2.75) is 204 Å². The lowest BCUT2D eigenvalue weighted by molar-refractivity contribution is -0.263. The zero-order valence-electron chi connectivity index (χ0n) is 64.0. The number of guanidine groups is 1. The lowest BCUT2D eigenvalue weighted by Crippen LogP contribution is -2.75. The van der Waals surface area contributed by atoms with Crippen LogP contribution in [0.3, 0.4) is 0 Å². The van der Waals surface area contributed by atoms with E-state index in [0.29, 0.717) is 18.4 Å². The number of hydrogen-bond acceptors (Lipinski definition) is 24. The SMILES string of the molecule is CCCCN(CCSSC[C@@H]1NC(=O)[C@@H](Cc2ccccc2)NC(=O)[C@H](CC(=O)O)NC(=O)CNC(=O)[C@H](CCCN=C(N)N)NC1=O)C(=O)O[C@@H](C(=O)OC1(C)C[C@@]2(O)[C@@H](OC(=O)c3ccccc3)[C@@H]3[C@@H](OC(C)=O)[C@H](OC)C[C@H](OC)[C@@]3(C)C(=O)[C@H](O)C(=C1C)C2(C)C)[C@@H](NC(=O)OC(C)(C)C)c1ccccc1. The number of nitrogens with one attached hydrogen (secondary N) is 6. The molecule has 7 rings (SSSR count). The van der Waals surface area contributed by atoms with Gasteiger partial charge in [-0.1, -0.05) is 128 Å². The van der Waals surface area contributed by atoms with Crippen molar-refractivity contribution in [3.63, 3.8) is 0 Å². The van der Waals surface area contributed by atoms with Crippen molar-refractivity contribution in [3.8, 4) is 0 Å². The highest BCUT2D eigenvalue weighted by Crippen LogP contribution is 2.62. The zero-order valence-corrected chi connectivity index (χ0v) is 65.6. The average Bonchev–Trinajstić information content (AvgIpc) is 0.680. The summed E-state index contributed by atoms with van der Waals surface area (Å²) in [4.78, 5) is 177. The van der Waals surface area contributed by atoms with E-state index in [9.17, 15) is 58.5 Å². The van der Waals surface area contributed by atoms with Gasteiger partial charge in [-0.15, -0.1) is 0 Å². The minimum atomic E-state index is -2.55. The first kappa shape index (κ1) is 87.9. The van der Waals surface area contributed by atoms with Crippen LogP contribution >= 0.6 is 21.6 Å². The summed E-state index contributed by atoms with van der Waals surface area (Å²) in [6.45, 7) is 14.4. The van der Waals surface area contributed by atoms with Gasteiger partial charge in [-0.3, -0.25) is 43.3 Å². The molecule has 13 N–H and O–H groups in total. The van der Waals surface area contributed by atoms with Crippen LogP contribution in [0.5, 0.6) is 0 Å². The Bertz CT molecular complexity index is 3870. The van der Waals surface area contributed by atoms with Gasteiger partial charge < -0.3 is 96.7 Å². The van der Waals surface area contributed by atoms with Crippen molar-refractivity contribution in [1.29, 1.82) is 0 Å². The Hall–Kier alpha value is -9.35. The minimum Gasteiger partial charge on any atom is -0.481 e. The number of carboxylic acid groups (broad SMARTS) is 1. The van der Waals surface area contributed by atoms with Gasteiger partial charge in [0.05, 0.1) is 42.1 Å². The van der Waals surface area contributed by atoms with E-state index in [1.165, 1.54) is 65.9 Å². The first-order valence-electron chi connectivity index (χ1n) is 36.3. The third-order valence-electron chi connectivity index (χ3n) is 20.4. The molecular weight excluding hydrogens is 1470 g/mol. The number of benzene rings is 3. The average molecular weight is 1570 g/mol. The van der Waals surface area contributed by atoms with Crippen molar-refractivity contribution in [3.05, 3.63) is 119 Å². The fourth-order valence-electron chi connectivity index (χ4n) is 14.6. The number of amides is 7. The Morgan fingerprint density at radius 2 is 1.38 bits per heavy atom. The van der Waals surface area contributed by atoms with Crippen molar-refractivity contribution in [2.75, 3.05) is 51.9 Å². The molecule has 2 bridgehead atoms. The second kappa shape index (κ2) is 38.5. The summed E-state index contributed by atoms with van der Waals surface area (Å²) in [6, 6.07) is 16.4. The quantitative estimate of drug-likeness (QED) is 0.00930. The Morgan fingerprint density at radius 1 is 0.773 bits per heavy atom. The van der Waals surface area contributed by atoms with Gasteiger partial charge in [-0.2, -0.15) is 0 Å². The van der Waals surface area contributed by atoms with Gasteiger partial charge in [0.1, 0.15) is 65.3 Å². The van der Waals surface area contributed by atoms with E-state index in [1.807, 2.05) is 6.92 Å². The Labute approximate surface area is 646 Å². The molecule has 0 spiro atoms. The summed E-state index contributed by atoms with van der Waals surface area (Å²) in [5.74, 6) is -12.2. The molecule has 3 fully saturated rings. The Kier molecular flexibility index (Phi) is 30.8. The maximum absolute atomic E-state index is 16.1. The summed E-state index contributed by atoms with van der Waals surface area (Å²) in [7, 11) is 4.86. The molecule has 34 heteroatoms. The van der Waals surface area contributed by atoms with Crippen molar-refractivity contribution in [1.82, 2.24) is 36.8 Å². The molecule has 3 aromatic rings. The number of fused-ring (bicyclic) bond motifs is 3. The highest BCUT2D eigenvalue weighted by atomic mass is 33.1. The van der Waals surface area contributed by atoms with Gasteiger partial charge in [0.2, 0.25) is 35.6 Å². The highest BCUT2D eigenvalue weighted by Gasteiger charge is 2.73. The number of carbonyl (C=O) groups excluding carboxylic acids is 11.